The average molecular weight is 305 g/mol. The summed E-state index contributed by atoms with van der Waals surface area (Å²) in [6, 6.07) is 10.2. The highest BCUT2D eigenvalue weighted by Crippen LogP contribution is 2.23. The molecule has 1 heterocycles. The van der Waals surface area contributed by atoms with Gasteiger partial charge in [0.15, 0.2) is 0 Å². The van der Waals surface area contributed by atoms with Crippen molar-refractivity contribution in [2.24, 2.45) is 5.73 Å². The van der Waals surface area contributed by atoms with Gasteiger partial charge >= 0.3 is 0 Å². The van der Waals surface area contributed by atoms with E-state index in [2.05, 4.69) is 33.4 Å². The third-order valence-electron chi connectivity index (χ3n) is 2.11. The van der Waals surface area contributed by atoms with Crippen molar-refractivity contribution in [3.8, 4) is 0 Å². The molecule has 80 valence electrons. The number of benzene rings is 1. The molecule has 0 radical (unpaired) electrons. The Kier molecular flexibility index (Phi) is 4.80. The second kappa shape index (κ2) is 5.66. The molecular formula is C11H11BrClNS. The molecule has 0 saturated carbocycles. The van der Waals surface area contributed by atoms with E-state index in [0.717, 1.165) is 10.0 Å². The first-order valence-electron chi connectivity index (χ1n) is 4.30. The third-order valence-corrected chi connectivity index (χ3v) is 3.30. The second-order valence-electron chi connectivity index (χ2n) is 3.09. The zero-order chi connectivity index (χ0) is 9.97. The highest BCUT2D eigenvalue weighted by Gasteiger charge is 2.08. The molecule has 0 aliphatic heterocycles. The van der Waals surface area contributed by atoms with Crippen molar-refractivity contribution in [2.45, 2.75) is 6.04 Å². The van der Waals surface area contributed by atoms with Gasteiger partial charge in [0.2, 0.25) is 0 Å². The van der Waals surface area contributed by atoms with Gasteiger partial charge in [0.1, 0.15) is 0 Å². The maximum absolute atomic E-state index is 6.12. The minimum atomic E-state index is -0.0150. The fraction of sp³-hybridized carbons (Fsp3) is 0.0909. The molecule has 1 aromatic heterocycles. The molecule has 2 aromatic rings. The van der Waals surface area contributed by atoms with E-state index in [0.29, 0.717) is 0 Å². The summed E-state index contributed by atoms with van der Waals surface area (Å²) in [5.74, 6) is 0. The van der Waals surface area contributed by atoms with Crippen LogP contribution in [0.15, 0.2) is 45.6 Å². The molecular weight excluding hydrogens is 294 g/mol. The molecule has 0 amide bonds. The maximum atomic E-state index is 6.12. The van der Waals surface area contributed by atoms with Gasteiger partial charge in [-0.3, -0.25) is 0 Å². The zero-order valence-electron chi connectivity index (χ0n) is 7.89. The SMILES string of the molecule is Cl.N[C@@H](c1ccsc1)c1cccc(Br)c1. The smallest absolute Gasteiger partial charge is 0.0560 e. The van der Waals surface area contributed by atoms with E-state index in [4.69, 9.17) is 5.73 Å². The van der Waals surface area contributed by atoms with E-state index in [1.54, 1.807) is 11.3 Å². The van der Waals surface area contributed by atoms with Gasteiger partial charge in [-0.1, -0.05) is 28.1 Å². The molecule has 1 nitrogen and oxygen atoms in total. The first-order chi connectivity index (χ1) is 6.77. The normalized spacial score (nSPS) is 11.9. The Morgan fingerprint density at radius 1 is 1.20 bits per heavy atom. The molecule has 4 heteroatoms. The fourth-order valence-corrected chi connectivity index (χ4v) is 2.46. The van der Waals surface area contributed by atoms with E-state index in [1.807, 2.05) is 23.6 Å². The predicted molar refractivity (Wildman–Crippen MR) is 71.7 cm³/mol. The van der Waals surface area contributed by atoms with Crippen LogP contribution >= 0.6 is 39.7 Å². The lowest BCUT2D eigenvalue weighted by Gasteiger charge is -2.10. The van der Waals surface area contributed by atoms with Gasteiger partial charge in [-0.2, -0.15) is 11.3 Å². The van der Waals surface area contributed by atoms with E-state index in [-0.39, 0.29) is 18.4 Å². The van der Waals surface area contributed by atoms with Crippen molar-refractivity contribution in [1.82, 2.24) is 0 Å². The number of hydrogen-bond donors (Lipinski definition) is 1. The van der Waals surface area contributed by atoms with Crippen LogP contribution in [0, 0.1) is 0 Å². The van der Waals surface area contributed by atoms with Crippen LogP contribution in [0.3, 0.4) is 0 Å². The lowest BCUT2D eigenvalue weighted by atomic mass is 10.0. The van der Waals surface area contributed by atoms with Gasteiger partial charge in [-0.15, -0.1) is 12.4 Å². The Bertz CT molecular complexity index is 416. The van der Waals surface area contributed by atoms with Gasteiger partial charge in [0.05, 0.1) is 6.04 Å². The summed E-state index contributed by atoms with van der Waals surface area (Å²) in [5.41, 5.74) is 8.43. The molecule has 1 aromatic carbocycles. The van der Waals surface area contributed by atoms with Crippen molar-refractivity contribution < 1.29 is 0 Å². The molecule has 0 spiro atoms. The summed E-state index contributed by atoms with van der Waals surface area (Å²) >= 11 is 5.12. The molecule has 0 aliphatic rings. The lowest BCUT2D eigenvalue weighted by molar-refractivity contribution is 0.876. The Hall–Kier alpha value is -0.350. The van der Waals surface area contributed by atoms with Gasteiger partial charge in [-0.25, -0.2) is 0 Å². The number of thiophene rings is 1. The van der Waals surface area contributed by atoms with E-state index < -0.39 is 0 Å². The molecule has 0 bridgehead atoms. The van der Waals surface area contributed by atoms with Gasteiger partial charge in [0, 0.05) is 4.47 Å². The topological polar surface area (TPSA) is 26.0 Å². The van der Waals surface area contributed by atoms with Gasteiger partial charge in [-0.05, 0) is 40.1 Å². The second-order valence-corrected chi connectivity index (χ2v) is 4.79. The predicted octanol–water partition coefficient (Wildman–Crippen LogP) is 3.98. The van der Waals surface area contributed by atoms with E-state index >= 15 is 0 Å². The standard InChI is InChI=1S/C11H10BrNS.ClH/c12-10-3-1-2-8(6-10)11(13)9-4-5-14-7-9;/h1-7,11H,13H2;1H/t11-;/m1./s1. The Balaban J connectivity index is 0.00000112. The monoisotopic (exact) mass is 303 g/mol. The Morgan fingerprint density at radius 3 is 2.60 bits per heavy atom. The minimum absolute atomic E-state index is 0. The summed E-state index contributed by atoms with van der Waals surface area (Å²) in [6.07, 6.45) is 0. The van der Waals surface area contributed by atoms with Crippen LogP contribution in [0.5, 0.6) is 0 Å². The van der Waals surface area contributed by atoms with Crippen molar-refractivity contribution in [3.63, 3.8) is 0 Å². The average Bonchev–Trinajstić information content (AvgIpc) is 2.69. The first-order valence-corrected chi connectivity index (χ1v) is 6.04. The van der Waals surface area contributed by atoms with Crippen molar-refractivity contribution >= 4 is 39.7 Å². The summed E-state index contributed by atoms with van der Waals surface area (Å²) in [4.78, 5) is 0. The Labute approximate surface area is 108 Å². The van der Waals surface area contributed by atoms with Crippen LogP contribution < -0.4 is 5.73 Å². The van der Waals surface area contributed by atoms with Crippen molar-refractivity contribution in [2.75, 3.05) is 0 Å². The van der Waals surface area contributed by atoms with Gasteiger partial charge in [0.25, 0.3) is 0 Å². The van der Waals surface area contributed by atoms with Crippen LogP contribution in [0.2, 0.25) is 0 Å². The maximum Gasteiger partial charge on any atom is 0.0560 e. The van der Waals surface area contributed by atoms with Crippen molar-refractivity contribution in [3.05, 3.63) is 56.7 Å². The highest BCUT2D eigenvalue weighted by molar-refractivity contribution is 9.10. The molecule has 0 saturated heterocycles. The van der Waals surface area contributed by atoms with E-state index in [1.165, 1.54) is 5.56 Å². The molecule has 0 fully saturated rings. The van der Waals surface area contributed by atoms with Crippen LogP contribution in [0.4, 0.5) is 0 Å². The number of nitrogens with two attached hydrogens (primary N) is 1. The molecule has 2 rings (SSSR count). The largest absolute Gasteiger partial charge is 0.320 e. The lowest BCUT2D eigenvalue weighted by Crippen LogP contribution is -2.10. The summed E-state index contributed by atoms with van der Waals surface area (Å²) in [6.45, 7) is 0. The fourth-order valence-electron chi connectivity index (χ4n) is 1.34. The molecule has 0 aliphatic carbocycles. The summed E-state index contributed by atoms with van der Waals surface area (Å²) in [5, 5.41) is 4.14. The van der Waals surface area contributed by atoms with Crippen LogP contribution in [0.1, 0.15) is 17.2 Å². The summed E-state index contributed by atoms with van der Waals surface area (Å²) in [7, 11) is 0. The molecule has 1 atom stereocenters. The minimum Gasteiger partial charge on any atom is -0.320 e. The van der Waals surface area contributed by atoms with Crippen LogP contribution in [-0.4, -0.2) is 0 Å². The van der Waals surface area contributed by atoms with Crippen LogP contribution in [-0.2, 0) is 0 Å². The number of rotatable bonds is 2. The number of hydrogen-bond acceptors (Lipinski definition) is 2. The first kappa shape index (κ1) is 12.7. The molecule has 15 heavy (non-hydrogen) atoms. The third kappa shape index (κ3) is 3.05. The highest BCUT2D eigenvalue weighted by atomic mass is 79.9. The Morgan fingerprint density at radius 2 is 2.00 bits per heavy atom. The van der Waals surface area contributed by atoms with E-state index in [9.17, 15) is 0 Å². The van der Waals surface area contributed by atoms with Crippen LogP contribution in [0.25, 0.3) is 0 Å². The van der Waals surface area contributed by atoms with Gasteiger partial charge < -0.3 is 5.73 Å². The van der Waals surface area contributed by atoms with Crippen molar-refractivity contribution in [1.29, 1.82) is 0 Å². The zero-order valence-corrected chi connectivity index (χ0v) is 11.1. The molecule has 2 N–H and O–H groups in total. The quantitative estimate of drug-likeness (QED) is 0.892. The number of halogens is 2. The summed E-state index contributed by atoms with van der Waals surface area (Å²) < 4.78 is 1.07. The molecule has 0 unspecified atom stereocenters.